The van der Waals surface area contributed by atoms with Gasteiger partial charge in [-0.3, -0.25) is 9.59 Å². The summed E-state index contributed by atoms with van der Waals surface area (Å²) in [6.45, 7) is 7.06. The van der Waals surface area contributed by atoms with Gasteiger partial charge in [0.25, 0.3) is 0 Å². The smallest absolute Gasteiger partial charge is 0.408 e. The van der Waals surface area contributed by atoms with Crippen molar-refractivity contribution in [3.8, 4) is 0 Å². The van der Waals surface area contributed by atoms with Crippen molar-refractivity contribution in [2.45, 2.75) is 63.8 Å². The van der Waals surface area contributed by atoms with Gasteiger partial charge in [0.1, 0.15) is 17.2 Å². The van der Waals surface area contributed by atoms with E-state index in [0.717, 1.165) is 16.7 Å². The molecule has 0 unspecified atom stereocenters. The summed E-state index contributed by atoms with van der Waals surface area (Å²) in [5.41, 5.74) is 1.34. The molecule has 0 saturated heterocycles. The lowest BCUT2D eigenvalue weighted by Crippen LogP contribution is -2.48. The van der Waals surface area contributed by atoms with Crippen molar-refractivity contribution >= 4 is 23.9 Å². The van der Waals surface area contributed by atoms with E-state index in [0.29, 0.717) is 5.56 Å². The number of carbonyl (C=O) groups is 4. The summed E-state index contributed by atoms with van der Waals surface area (Å²) in [4.78, 5) is 52.9. The van der Waals surface area contributed by atoms with Crippen molar-refractivity contribution < 1.29 is 28.7 Å². The third-order valence-corrected chi connectivity index (χ3v) is 7.76. The minimum absolute atomic E-state index is 0.0120. The minimum atomic E-state index is -1.11. The number of carbonyl (C=O) groups excluding carboxylic acids is 4. The number of alkyl carbamates (subject to hydrolysis) is 1. The molecule has 0 aliphatic carbocycles. The van der Waals surface area contributed by atoms with Crippen LogP contribution in [-0.4, -0.2) is 42.1 Å². The molecule has 9 nitrogen and oxygen atoms in total. The predicted molar refractivity (Wildman–Crippen MR) is 193 cm³/mol. The molecule has 0 radical (unpaired) electrons. The summed E-state index contributed by atoms with van der Waals surface area (Å²) in [7, 11) is 0. The first-order valence-electron chi connectivity index (χ1n) is 16.7. The Bertz CT molecular complexity index is 1630. The molecule has 3 amide bonds. The second-order valence-electron chi connectivity index (χ2n) is 12.7. The quantitative estimate of drug-likeness (QED) is 0.0773. The van der Waals surface area contributed by atoms with Gasteiger partial charge in [0.15, 0.2) is 0 Å². The summed E-state index contributed by atoms with van der Waals surface area (Å²) in [5, 5.41) is 8.90. The van der Waals surface area contributed by atoms with Gasteiger partial charge in [-0.1, -0.05) is 127 Å². The molecule has 0 spiro atoms. The Kier molecular flexibility index (Phi) is 13.1. The maximum absolute atomic E-state index is 14.0. The van der Waals surface area contributed by atoms with Crippen LogP contribution in [0.15, 0.2) is 133 Å². The number of esters is 1. The SMILES string of the molecule is CCOC(=O)/C=C/[C@H](CCC(=O)NC(c1ccccc1)(c1ccccc1)c1ccccc1)NC(=O)[C@@H](NC(=O)OC(C)(C)C)c1ccccc1. The molecule has 0 fully saturated rings. The van der Waals surface area contributed by atoms with E-state index in [9.17, 15) is 19.2 Å². The van der Waals surface area contributed by atoms with Crippen LogP contribution < -0.4 is 16.0 Å². The second-order valence-corrected chi connectivity index (χ2v) is 12.7. The van der Waals surface area contributed by atoms with Crippen LogP contribution >= 0.6 is 0 Å². The molecule has 0 aliphatic heterocycles. The maximum Gasteiger partial charge on any atom is 0.408 e. The number of benzene rings is 4. The highest BCUT2D eigenvalue weighted by Gasteiger charge is 2.38. The molecular formula is C41H45N3O6. The third-order valence-electron chi connectivity index (χ3n) is 7.76. The van der Waals surface area contributed by atoms with E-state index in [1.54, 1.807) is 58.0 Å². The zero-order chi connectivity index (χ0) is 36.0. The van der Waals surface area contributed by atoms with Gasteiger partial charge in [0, 0.05) is 18.5 Å². The zero-order valence-corrected chi connectivity index (χ0v) is 28.9. The molecule has 0 bridgehead atoms. The average Bonchev–Trinajstić information content (AvgIpc) is 3.11. The monoisotopic (exact) mass is 675 g/mol. The molecule has 0 saturated carbocycles. The Morgan fingerprint density at radius 3 is 1.64 bits per heavy atom. The van der Waals surface area contributed by atoms with Crippen molar-refractivity contribution in [1.29, 1.82) is 0 Å². The number of ether oxygens (including phenoxy) is 2. The normalized spacial score (nSPS) is 12.7. The van der Waals surface area contributed by atoms with E-state index in [2.05, 4.69) is 16.0 Å². The van der Waals surface area contributed by atoms with E-state index >= 15 is 0 Å². The van der Waals surface area contributed by atoms with E-state index < -0.39 is 41.2 Å². The van der Waals surface area contributed by atoms with Gasteiger partial charge in [-0.25, -0.2) is 9.59 Å². The van der Waals surface area contributed by atoms with Crippen LogP contribution in [0, 0.1) is 0 Å². The number of amides is 3. The van der Waals surface area contributed by atoms with Gasteiger partial charge in [0.05, 0.1) is 6.61 Å². The van der Waals surface area contributed by atoms with Crippen LogP contribution in [0.2, 0.25) is 0 Å². The number of rotatable bonds is 14. The fourth-order valence-electron chi connectivity index (χ4n) is 5.58. The Balaban J connectivity index is 1.62. The van der Waals surface area contributed by atoms with Crippen LogP contribution in [0.5, 0.6) is 0 Å². The summed E-state index contributed by atoms with van der Waals surface area (Å²) in [5.74, 6) is -1.41. The average molecular weight is 676 g/mol. The van der Waals surface area contributed by atoms with Crippen LogP contribution in [0.25, 0.3) is 0 Å². The van der Waals surface area contributed by atoms with E-state index in [1.807, 2.05) is 91.0 Å². The molecule has 4 aromatic rings. The first-order chi connectivity index (χ1) is 24.0. The van der Waals surface area contributed by atoms with Gasteiger partial charge >= 0.3 is 12.1 Å². The molecule has 9 heteroatoms. The topological polar surface area (TPSA) is 123 Å². The summed E-state index contributed by atoms with van der Waals surface area (Å²) in [6, 6.07) is 36.1. The Hall–Kier alpha value is -5.70. The van der Waals surface area contributed by atoms with Crippen LogP contribution in [-0.2, 0) is 29.4 Å². The van der Waals surface area contributed by atoms with Crippen LogP contribution in [0.4, 0.5) is 4.79 Å². The molecule has 50 heavy (non-hydrogen) atoms. The molecule has 2 atom stereocenters. The van der Waals surface area contributed by atoms with Gasteiger partial charge < -0.3 is 25.4 Å². The lowest BCUT2D eigenvalue weighted by molar-refractivity contribution is -0.137. The summed E-state index contributed by atoms with van der Waals surface area (Å²) < 4.78 is 10.5. The van der Waals surface area contributed by atoms with Crippen molar-refractivity contribution in [3.63, 3.8) is 0 Å². The highest BCUT2D eigenvalue weighted by atomic mass is 16.6. The van der Waals surface area contributed by atoms with Crippen molar-refractivity contribution in [3.05, 3.63) is 156 Å². The lowest BCUT2D eigenvalue weighted by atomic mass is 9.77. The highest BCUT2D eigenvalue weighted by molar-refractivity contribution is 5.88. The molecular weight excluding hydrogens is 630 g/mol. The zero-order valence-electron chi connectivity index (χ0n) is 28.9. The van der Waals surface area contributed by atoms with Crippen molar-refractivity contribution in [1.82, 2.24) is 16.0 Å². The van der Waals surface area contributed by atoms with E-state index in [-0.39, 0.29) is 25.4 Å². The summed E-state index contributed by atoms with van der Waals surface area (Å²) >= 11 is 0. The Morgan fingerprint density at radius 1 is 0.700 bits per heavy atom. The van der Waals surface area contributed by atoms with E-state index in [1.165, 1.54) is 12.2 Å². The molecule has 0 heterocycles. The lowest BCUT2D eigenvalue weighted by Gasteiger charge is -2.37. The fourth-order valence-corrected chi connectivity index (χ4v) is 5.58. The van der Waals surface area contributed by atoms with Gasteiger partial charge in [0.2, 0.25) is 11.8 Å². The van der Waals surface area contributed by atoms with Gasteiger partial charge in [-0.05, 0) is 56.4 Å². The number of hydrogen-bond acceptors (Lipinski definition) is 6. The predicted octanol–water partition coefficient (Wildman–Crippen LogP) is 6.75. The van der Waals surface area contributed by atoms with Crippen LogP contribution in [0.3, 0.4) is 0 Å². The second kappa shape index (κ2) is 17.6. The van der Waals surface area contributed by atoms with Gasteiger partial charge in [-0.15, -0.1) is 0 Å². The highest BCUT2D eigenvalue weighted by Crippen LogP contribution is 2.37. The third kappa shape index (κ3) is 10.4. The minimum Gasteiger partial charge on any atom is -0.463 e. The van der Waals surface area contributed by atoms with Gasteiger partial charge in [-0.2, -0.15) is 0 Å². The first kappa shape index (κ1) is 37.1. The largest absolute Gasteiger partial charge is 0.463 e. The maximum atomic E-state index is 14.0. The first-order valence-corrected chi connectivity index (χ1v) is 16.7. The molecule has 4 rings (SSSR count). The standard InChI is InChI=1S/C41H45N3O6/c1-5-49-36(46)29-27-34(42-38(47)37(30-18-10-6-11-19-30)43-39(48)50-40(2,3)4)26-28-35(45)44-41(31-20-12-7-13-21-31,32-22-14-8-15-23-32)33-24-16-9-17-25-33/h6-25,27,29,34,37H,5,26,28H2,1-4H3,(H,42,47)(H,43,48)(H,44,45)/b29-27+/t34-,37-/m0/s1. The molecule has 0 aromatic heterocycles. The van der Waals surface area contributed by atoms with Crippen molar-refractivity contribution in [2.75, 3.05) is 6.61 Å². The Morgan fingerprint density at radius 2 is 1.18 bits per heavy atom. The fraction of sp³-hybridized carbons (Fsp3) is 0.268. The molecule has 260 valence electrons. The Labute approximate surface area is 294 Å². The number of hydrogen-bond donors (Lipinski definition) is 3. The van der Waals surface area contributed by atoms with Crippen LogP contribution in [0.1, 0.15) is 68.8 Å². The summed E-state index contributed by atoms with van der Waals surface area (Å²) in [6.07, 6.45) is 2.08. The number of nitrogens with one attached hydrogen (secondary N) is 3. The van der Waals surface area contributed by atoms with E-state index in [4.69, 9.17) is 9.47 Å². The molecule has 0 aliphatic rings. The molecule has 4 aromatic carbocycles. The molecule has 3 N–H and O–H groups in total. The van der Waals surface area contributed by atoms with Crippen molar-refractivity contribution in [2.24, 2.45) is 0 Å².